The fourth-order valence-corrected chi connectivity index (χ4v) is 7.55. The van der Waals surface area contributed by atoms with Crippen LogP contribution in [0.2, 0.25) is 0 Å². The van der Waals surface area contributed by atoms with Crippen molar-refractivity contribution in [2.24, 2.45) is 0 Å². The van der Waals surface area contributed by atoms with Gasteiger partial charge in [-0.25, -0.2) is 13.1 Å². The molecule has 0 unspecified atom stereocenters. The van der Waals surface area contributed by atoms with Crippen LogP contribution in [0.1, 0.15) is 22.3 Å². The summed E-state index contributed by atoms with van der Waals surface area (Å²) in [5.74, 6) is -0.167. The van der Waals surface area contributed by atoms with Gasteiger partial charge in [0.15, 0.2) is 0 Å². The Hall–Kier alpha value is -4.43. The van der Waals surface area contributed by atoms with Crippen molar-refractivity contribution in [1.29, 1.82) is 0 Å². The van der Waals surface area contributed by atoms with Crippen LogP contribution in [0.25, 0.3) is 0 Å². The van der Waals surface area contributed by atoms with Crippen molar-refractivity contribution in [3.63, 3.8) is 0 Å². The molecule has 0 aromatic heterocycles. The second kappa shape index (κ2) is 16.8. The first-order valence-corrected chi connectivity index (χ1v) is 18.6. The van der Waals surface area contributed by atoms with Gasteiger partial charge in [-0.15, -0.1) is 11.8 Å². The molecule has 1 heterocycles. The Kier molecular flexibility index (Phi) is 12.3. The van der Waals surface area contributed by atoms with Gasteiger partial charge in [0.25, 0.3) is 21.6 Å². The first kappa shape index (κ1) is 35.9. The molecule has 4 aromatic rings. The lowest BCUT2D eigenvalue weighted by molar-refractivity contribution is -0.384. The number of rotatable bonds is 15. The topological polar surface area (TPSA) is 128 Å². The molecule has 11 nitrogen and oxygen atoms in total. The van der Waals surface area contributed by atoms with Gasteiger partial charge in [-0.2, -0.15) is 0 Å². The van der Waals surface area contributed by atoms with Crippen molar-refractivity contribution in [3.05, 3.63) is 124 Å². The van der Waals surface area contributed by atoms with Crippen LogP contribution in [0.15, 0.2) is 113 Å². The summed E-state index contributed by atoms with van der Waals surface area (Å²) in [6.07, 6.45) is 0.712. The Morgan fingerprint density at radius 3 is 2.20 bits per heavy atom. The van der Waals surface area contributed by atoms with E-state index in [0.29, 0.717) is 12.2 Å². The van der Waals surface area contributed by atoms with E-state index in [1.165, 1.54) is 17.7 Å². The van der Waals surface area contributed by atoms with Gasteiger partial charge in [0.05, 0.1) is 9.82 Å². The lowest BCUT2D eigenvalue weighted by Crippen LogP contribution is -2.46. The Morgan fingerprint density at radius 1 is 0.918 bits per heavy atom. The molecule has 0 saturated carbocycles. The van der Waals surface area contributed by atoms with Crippen LogP contribution in [0, 0.1) is 10.1 Å². The molecule has 13 heteroatoms. The maximum Gasteiger partial charge on any atom is 0.293 e. The van der Waals surface area contributed by atoms with Crippen LogP contribution in [-0.4, -0.2) is 87.7 Å². The number of carbonyl (C=O) groups excluding carboxylic acids is 1. The molecule has 2 N–H and O–H groups in total. The summed E-state index contributed by atoms with van der Waals surface area (Å²) < 4.78 is 28.6. The first-order valence-electron chi connectivity index (χ1n) is 16.1. The molecule has 1 fully saturated rings. The number of hydrogen-bond donors (Lipinski definition) is 2. The maximum atomic E-state index is 13.2. The van der Waals surface area contributed by atoms with Crippen molar-refractivity contribution in [3.8, 4) is 0 Å². The summed E-state index contributed by atoms with van der Waals surface area (Å²) in [6.45, 7) is 5.12. The largest absolute Gasteiger partial charge is 0.376 e. The standard InChI is InChI=1S/C36H42N6O5S2/c1-39(2)20-19-30(27-48-32-11-7-4-8-12-32)37-34-18-17-33(25-35(34)42(44)45)49(46,47)38-36(43)29-13-15-31(16-14-29)41-23-21-40(22-24-41)26-28-9-5-3-6-10-28/h3-18,25,30,37H,19-24,26-27H2,1-2H3,(H,38,43)/t30-/m1/s1. The molecule has 1 atom stereocenters. The zero-order valence-electron chi connectivity index (χ0n) is 27.7. The fourth-order valence-electron chi connectivity index (χ4n) is 5.57. The van der Waals surface area contributed by atoms with E-state index in [-0.39, 0.29) is 27.9 Å². The highest BCUT2D eigenvalue weighted by Crippen LogP contribution is 2.30. The Bertz CT molecular complexity index is 1800. The average molecular weight is 703 g/mol. The van der Waals surface area contributed by atoms with Crippen molar-refractivity contribution < 1.29 is 18.1 Å². The third-order valence-corrected chi connectivity index (χ3v) is 10.8. The maximum absolute atomic E-state index is 13.2. The zero-order chi connectivity index (χ0) is 34.8. The summed E-state index contributed by atoms with van der Waals surface area (Å²) in [5, 5.41) is 15.4. The van der Waals surface area contributed by atoms with E-state index in [9.17, 15) is 23.3 Å². The number of hydrogen-bond acceptors (Lipinski definition) is 10. The Morgan fingerprint density at radius 2 is 1.57 bits per heavy atom. The molecule has 0 spiro atoms. The molecule has 0 bridgehead atoms. The zero-order valence-corrected chi connectivity index (χ0v) is 29.3. The highest BCUT2D eigenvalue weighted by Gasteiger charge is 2.25. The monoisotopic (exact) mass is 702 g/mol. The van der Waals surface area contributed by atoms with Crippen molar-refractivity contribution in [2.75, 3.05) is 62.8 Å². The highest BCUT2D eigenvalue weighted by atomic mass is 32.2. The molecule has 1 aliphatic rings. The molecule has 0 aliphatic carbocycles. The van der Waals surface area contributed by atoms with E-state index in [1.54, 1.807) is 23.9 Å². The van der Waals surface area contributed by atoms with E-state index in [0.717, 1.165) is 55.9 Å². The van der Waals surface area contributed by atoms with Gasteiger partial charge in [0.1, 0.15) is 5.69 Å². The van der Waals surface area contributed by atoms with Gasteiger partial charge in [-0.05, 0) is 81.2 Å². The van der Waals surface area contributed by atoms with Crippen LogP contribution >= 0.6 is 11.8 Å². The van der Waals surface area contributed by atoms with Gasteiger partial charge in [-0.3, -0.25) is 19.8 Å². The number of sulfonamides is 1. The van der Waals surface area contributed by atoms with Crippen molar-refractivity contribution in [2.45, 2.75) is 28.8 Å². The quantitative estimate of drug-likeness (QED) is 0.0924. The summed E-state index contributed by atoms with van der Waals surface area (Å²) >= 11 is 1.64. The van der Waals surface area contributed by atoms with Crippen molar-refractivity contribution in [1.82, 2.24) is 14.5 Å². The summed E-state index contributed by atoms with van der Waals surface area (Å²) in [4.78, 5) is 31.9. The molecule has 1 aliphatic heterocycles. The number of nitrogens with one attached hydrogen (secondary N) is 2. The van der Waals surface area contributed by atoms with Crippen LogP contribution in [-0.2, 0) is 16.6 Å². The van der Waals surface area contributed by atoms with E-state index >= 15 is 0 Å². The third kappa shape index (κ3) is 10.3. The van der Waals surface area contributed by atoms with Crippen LogP contribution < -0.4 is 14.9 Å². The number of amides is 1. The van der Waals surface area contributed by atoms with Gasteiger partial charge in [0.2, 0.25) is 0 Å². The number of piperazine rings is 1. The predicted molar refractivity (Wildman–Crippen MR) is 196 cm³/mol. The molecule has 0 radical (unpaired) electrons. The second-order valence-electron chi connectivity index (χ2n) is 12.2. The van der Waals surface area contributed by atoms with E-state index in [1.807, 2.05) is 79.7 Å². The number of nitro groups is 1. The lowest BCUT2D eigenvalue weighted by atomic mass is 10.1. The minimum absolute atomic E-state index is 0.130. The predicted octanol–water partition coefficient (Wildman–Crippen LogP) is 5.56. The molecule has 4 aromatic carbocycles. The third-order valence-electron chi connectivity index (χ3n) is 8.30. The minimum Gasteiger partial charge on any atom is -0.376 e. The van der Waals surface area contributed by atoms with Gasteiger partial charge >= 0.3 is 0 Å². The lowest BCUT2D eigenvalue weighted by Gasteiger charge is -2.36. The number of nitrogens with zero attached hydrogens (tertiary/aromatic N) is 4. The van der Waals surface area contributed by atoms with Crippen LogP contribution in [0.4, 0.5) is 17.1 Å². The smallest absolute Gasteiger partial charge is 0.293 e. The Balaban J connectivity index is 1.21. The molecular formula is C36H42N6O5S2. The van der Waals surface area contributed by atoms with Crippen molar-refractivity contribution >= 4 is 44.8 Å². The number of thioether (sulfide) groups is 1. The number of carbonyl (C=O) groups is 1. The highest BCUT2D eigenvalue weighted by molar-refractivity contribution is 7.99. The molecule has 258 valence electrons. The Labute approximate surface area is 292 Å². The minimum atomic E-state index is -4.40. The summed E-state index contributed by atoms with van der Waals surface area (Å²) in [6, 6.07) is 30.6. The average Bonchev–Trinajstić information content (AvgIpc) is 3.10. The second-order valence-corrected chi connectivity index (χ2v) is 15.0. The van der Waals surface area contributed by atoms with E-state index in [4.69, 9.17) is 0 Å². The fraction of sp³-hybridized carbons (Fsp3) is 0.306. The van der Waals surface area contributed by atoms with E-state index < -0.39 is 20.9 Å². The molecule has 5 rings (SSSR count). The number of benzene rings is 4. The van der Waals surface area contributed by atoms with Gasteiger partial charge < -0.3 is 15.1 Å². The molecule has 1 saturated heterocycles. The van der Waals surface area contributed by atoms with Crippen LogP contribution in [0.3, 0.4) is 0 Å². The normalized spacial score (nSPS) is 14.4. The molecule has 49 heavy (non-hydrogen) atoms. The van der Waals surface area contributed by atoms with E-state index in [2.05, 4.69) is 32.0 Å². The van der Waals surface area contributed by atoms with Gasteiger partial charge in [0, 0.05) is 66.7 Å². The first-order chi connectivity index (χ1) is 23.6. The summed E-state index contributed by atoms with van der Waals surface area (Å²) in [7, 11) is -0.478. The number of anilines is 2. The summed E-state index contributed by atoms with van der Waals surface area (Å²) in [5.41, 5.74) is 2.22. The number of nitro benzene ring substituents is 1. The molecule has 1 amide bonds. The van der Waals surface area contributed by atoms with Gasteiger partial charge in [-0.1, -0.05) is 48.5 Å². The SMILES string of the molecule is CN(C)CC[C@H](CSc1ccccc1)Nc1ccc(S(=O)(=O)NC(=O)c2ccc(N3CCN(Cc4ccccc4)CC3)cc2)cc1[N+](=O)[O-]. The van der Waals surface area contributed by atoms with Crippen LogP contribution in [0.5, 0.6) is 0 Å². The molecular weight excluding hydrogens is 661 g/mol.